The third-order valence-electron chi connectivity index (χ3n) is 4.16. The molecule has 6 nitrogen and oxygen atoms in total. The second kappa shape index (κ2) is 6.78. The Morgan fingerprint density at radius 2 is 2.16 bits per heavy atom. The van der Waals surface area contributed by atoms with Crippen LogP contribution in [0.25, 0.3) is 10.6 Å². The van der Waals surface area contributed by atoms with E-state index in [1.807, 2.05) is 43.5 Å². The number of nitrogens with one attached hydrogen (secondary N) is 1. The smallest absolute Gasteiger partial charge is 0.185 e. The van der Waals surface area contributed by atoms with Crippen molar-refractivity contribution < 1.29 is 0 Å². The van der Waals surface area contributed by atoms with Gasteiger partial charge in [-0.1, -0.05) is 17.4 Å². The molecule has 0 amide bonds. The van der Waals surface area contributed by atoms with Crippen molar-refractivity contribution in [1.29, 1.82) is 0 Å². The van der Waals surface area contributed by atoms with Crippen molar-refractivity contribution in [3.63, 3.8) is 0 Å². The Labute approximate surface area is 150 Å². The first-order chi connectivity index (χ1) is 12.2. The molecule has 4 heterocycles. The van der Waals surface area contributed by atoms with Crippen LogP contribution >= 0.6 is 11.3 Å². The highest BCUT2D eigenvalue weighted by Gasteiger charge is 2.22. The maximum atomic E-state index is 5.99. The Hall–Kier alpha value is -2.51. The van der Waals surface area contributed by atoms with E-state index in [9.17, 15) is 0 Å². The number of nitrogens with two attached hydrogens (primary N) is 1. The zero-order valence-electron chi connectivity index (χ0n) is 14.0. The normalized spacial score (nSPS) is 17.0. The molecule has 0 spiro atoms. The predicted octanol–water partition coefficient (Wildman–Crippen LogP) is 3.19. The first-order valence-corrected chi connectivity index (χ1v) is 9.12. The molecule has 7 heteroatoms. The van der Waals surface area contributed by atoms with Gasteiger partial charge in [0.1, 0.15) is 11.6 Å². The average molecular weight is 352 g/mol. The minimum absolute atomic E-state index is 0.250. The third-order valence-corrected chi connectivity index (χ3v) is 5.24. The van der Waals surface area contributed by atoms with Gasteiger partial charge in [0, 0.05) is 31.5 Å². The molecule has 3 aromatic heterocycles. The molecule has 0 radical (unpaired) electrons. The van der Waals surface area contributed by atoms with Gasteiger partial charge in [-0.25, -0.2) is 15.0 Å². The van der Waals surface area contributed by atoms with Gasteiger partial charge in [0.2, 0.25) is 0 Å². The molecule has 3 N–H and O–H groups in total. The van der Waals surface area contributed by atoms with Crippen LogP contribution in [0.3, 0.4) is 0 Å². The first-order valence-electron chi connectivity index (χ1n) is 8.31. The summed E-state index contributed by atoms with van der Waals surface area (Å²) < 4.78 is 0. The van der Waals surface area contributed by atoms with Crippen LogP contribution in [-0.2, 0) is 0 Å². The molecule has 1 atom stereocenters. The Balaban J connectivity index is 1.54. The summed E-state index contributed by atoms with van der Waals surface area (Å²) in [5.41, 5.74) is 8.06. The van der Waals surface area contributed by atoms with E-state index in [0.29, 0.717) is 0 Å². The van der Waals surface area contributed by atoms with E-state index in [2.05, 4.69) is 20.2 Å². The van der Waals surface area contributed by atoms with Crippen molar-refractivity contribution in [3.05, 3.63) is 48.3 Å². The number of nitrogens with zero attached hydrogens (tertiary/aromatic N) is 4. The number of aryl methyl sites for hydroxylation is 1. The third kappa shape index (κ3) is 3.62. The van der Waals surface area contributed by atoms with Gasteiger partial charge < -0.3 is 16.0 Å². The second-order valence-electron chi connectivity index (χ2n) is 6.25. The first kappa shape index (κ1) is 16.0. The molecule has 0 aromatic carbocycles. The van der Waals surface area contributed by atoms with Crippen LogP contribution in [0.5, 0.6) is 0 Å². The zero-order valence-corrected chi connectivity index (χ0v) is 14.8. The number of thiazole rings is 1. The Morgan fingerprint density at radius 3 is 2.96 bits per heavy atom. The van der Waals surface area contributed by atoms with Crippen LogP contribution in [0.2, 0.25) is 0 Å². The molecule has 3 aromatic rings. The van der Waals surface area contributed by atoms with Crippen molar-refractivity contribution in [1.82, 2.24) is 15.0 Å². The summed E-state index contributed by atoms with van der Waals surface area (Å²) in [7, 11) is 0. The minimum Gasteiger partial charge on any atom is -0.346 e. The highest BCUT2D eigenvalue weighted by Crippen LogP contribution is 2.32. The highest BCUT2D eigenvalue weighted by molar-refractivity contribution is 7.18. The van der Waals surface area contributed by atoms with Crippen LogP contribution in [0.15, 0.2) is 42.7 Å². The van der Waals surface area contributed by atoms with Crippen LogP contribution in [0.1, 0.15) is 12.0 Å². The number of hydrogen-bond donors (Lipinski definition) is 2. The SMILES string of the molecule is Cc1ccnc(Nc2cccc(-c3cnc(N4CC[C@@H](N)C4)s3)n2)c1. The standard InChI is InChI=1S/C18H20N6S/c1-12-5-7-20-17(9-12)23-16-4-2-3-14(22-16)15-10-21-18(25-15)24-8-6-13(19)11-24/h2-5,7,9-10,13H,6,8,11,19H2,1H3,(H,20,22,23)/t13-/m1/s1. The number of aromatic nitrogens is 3. The van der Waals surface area contributed by atoms with Crippen LogP contribution in [-0.4, -0.2) is 34.1 Å². The summed E-state index contributed by atoms with van der Waals surface area (Å²) in [6.45, 7) is 3.89. The second-order valence-corrected chi connectivity index (χ2v) is 7.26. The van der Waals surface area contributed by atoms with E-state index < -0.39 is 0 Å². The number of anilines is 3. The number of rotatable bonds is 4. The summed E-state index contributed by atoms with van der Waals surface area (Å²) >= 11 is 1.66. The van der Waals surface area contributed by atoms with E-state index in [1.165, 1.54) is 0 Å². The summed E-state index contributed by atoms with van der Waals surface area (Å²) in [6, 6.07) is 10.1. The lowest BCUT2D eigenvalue weighted by atomic mass is 10.3. The van der Waals surface area contributed by atoms with Gasteiger partial charge in [0.05, 0.1) is 10.6 Å². The van der Waals surface area contributed by atoms with E-state index >= 15 is 0 Å². The van der Waals surface area contributed by atoms with E-state index in [1.54, 1.807) is 17.5 Å². The van der Waals surface area contributed by atoms with E-state index in [4.69, 9.17) is 10.7 Å². The Kier molecular flexibility index (Phi) is 4.33. The van der Waals surface area contributed by atoms with Crippen molar-refractivity contribution in [2.45, 2.75) is 19.4 Å². The molecule has 4 rings (SSSR count). The van der Waals surface area contributed by atoms with Crippen molar-refractivity contribution in [2.24, 2.45) is 5.73 Å². The van der Waals surface area contributed by atoms with Crippen LogP contribution in [0.4, 0.5) is 16.8 Å². The largest absolute Gasteiger partial charge is 0.346 e. The number of hydrogen-bond acceptors (Lipinski definition) is 7. The summed E-state index contributed by atoms with van der Waals surface area (Å²) in [5.74, 6) is 1.56. The van der Waals surface area contributed by atoms with E-state index in [-0.39, 0.29) is 6.04 Å². The van der Waals surface area contributed by atoms with Gasteiger partial charge in [0.15, 0.2) is 5.13 Å². The van der Waals surface area contributed by atoms with Gasteiger partial charge in [-0.05, 0) is 43.2 Å². The minimum atomic E-state index is 0.250. The number of pyridine rings is 2. The lowest BCUT2D eigenvalue weighted by molar-refractivity contribution is 0.752. The van der Waals surface area contributed by atoms with Crippen molar-refractivity contribution in [3.8, 4) is 10.6 Å². The quantitative estimate of drug-likeness (QED) is 0.751. The molecule has 0 unspecified atom stereocenters. The topological polar surface area (TPSA) is 80.0 Å². The predicted molar refractivity (Wildman–Crippen MR) is 102 cm³/mol. The zero-order chi connectivity index (χ0) is 17.2. The summed E-state index contributed by atoms with van der Waals surface area (Å²) in [5, 5.41) is 4.27. The fraction of sp³-hybridized carbons (Fsp3) is 0.278. The maximum Gasteiger partial charge on any atom is 0.185 e. The summed E-state index contributed by atoms with van der Waals surface area (Å²) in [4.78, 5) is 16.9. The van der Waals surface area contributed by atoms with Crippen molar-refractivity contribution >= 4 is 28.1 Å². The fourth-order valence-electron chi connectivity index (χ4n) is 2.87. The van der Waals surface area contributed by atoms with Crippen LogP contribution < -0.4 is 16.0 Å². The van der Waals surface area contributed by atoms with Crippen LogP contribution in [0, 0.1) is 6.92 Å². The van der Waals surface area contributed by atoms with E-state index in [0.717, 1.165) is 52.4 Å². The molecule has 0 aliphatic carbocycles. The molecule has 1 aliphatic rings. The maximum absolute atomic E-state index is 5.99. The molecule has 1 saturated heterocycles. The molecule has 0 bridgehead atoms. The molecule has 0 saturated carbocycles. The molecule has 1 fully saturated rings. The fourth-order valence-corrected chi connectivity index (χ4v) is 3.79. The molecule has 25 heavy (non-hydrogen) atoms. The monoisotopic (exact) mass is 352 g/mol. The average Bonchev–Trinajstić information content (AvgIpc) is 3.24. The van der Waals surface area contributed by atoms with Crippen molar-refractivity contribution in [2.75, 3.05) is 23.3 Å². The lowest BCUT2D eigenvalue weighted by Gasteiger charge is -2.13. The molecular weight excluding hydrogens is 332 g/mol. The molecule has 128 valence electrons. The van der Waals surface area contributed by atoms with Gasteiger partial charge >= 0.3 is 0 Å². The van der Waals surface area contributed by atoms with Gasteiger partial charge in [-0.15, -0.1) is 0 Å². The lowest BCUT2D eigenvalue weighted by Crippen LogP contribution is -2.26. The van der Waals surface area contributed by atoms with Gasteiger partial charge in [0.25, 0.3) is 0 Å². The molecular formula is C18H20N6S. The van der Waals surface area contributed by atoms with Gasteiger partial charge in [-0.3, -0.25) is 0 Å². The molecule has 1 aliphatic heterocycles. The van der Waals surface area contributed by atoms with Gasteiger partial charge in [-0.2, -0.15) is 0 Å². The Morgan fingerprint density at radius 1 is 1.24 bits per heavy atom. The Bertz CT molecular complexity index is 877. The summed E-state index contributed by atoms with van der Waals surface area (Å²) in [6.07, 6.45) is 4.70. The highest BCUT2D eigenvalue weighted by atomic mass is 32.1.